The summed E-state index contributed by atoms with van der Waals surface area (Å²) < 4.78 is 10.5. The summed E-state index contributed by atoms with van der Waals surface area (Å²) in [4.78, 5) is 14.1. The normalized spacial score (nSPS) is 16.2. The Bertz CT molecular complexity index is 517. The van der Waals surface area contributed by atoms with Gasteiger partial charge in [0.25, 0.3) is 0 Å². The van der Waals surface area contributed by atoms with Crippen molar-refractivity contribution in [1.82, 2.24) is 4.90 Å². The Morgan fingerprint density at radius 3 is 2.48 bits per heavy atom. The molecular weight excluding hydrogens is 266 g/mol. The van der Waals surface area contributed by atoms with Crippen LogP contribution < -0.4 is 9.47 Å². The number of benzene rings is 1. The molecule has 1 aromatic carbocycles. The molecule has 0 atom stereocenters. The molecule has 4 heteroatoms. The first-order valence-corrected chi connectivity index (χ1v) is 7.33. The van der Waals surface area contributed by atoms with Crippen LogP contribution in [0.3, 0.4) is 0 Å². The zero-order valence-corrected chi connectivity index (χ0v) is 13.0. The smallest absolute Gasteiger partial charge is 0.246 e. The SMILES string of the molecule is COc1ccc(/C=C/C(=O)N2CCC(C)CC2)cc1OC. The molecular formula is C17H23NO3. The number of carbonyl (C=O) groups is 1. The minimum atomic E-state index is 0.0803. The van der Waals surface area contributed by atoms with Crippen molar-refractivity contribution < 1.29 is 14.3 Å². The average molecular weight is 289 g/mol. The van der Waals surface area contributed by atoms with Crippen LogP contribution in [0.15, 0.2) is 24.3 Å². The number of carbonyl (C=O) groups excluding carboxylic acids is 1. The number of likely N-dealkylation sites (tertiary alicyclic amines) is 1. The highest BCUT2D eigenvalue weighted by Gasteiger charge is 2.18. The number of hydrogen-bond acceptors (Lipinski definition) is 3. The Morgan fingerprint density at radius 1 is 1.19 bits per heavy atom. The number of hydrogen-bond donors (Lipinski definition) is 0. The highest BCUT2D eigenvalue weighted by atomic mass is 16.5. The zero-order valence-electron chi connectivity index (χ0n) is 13.0. The van der Waals surface area contributed by atoms with E-state index in [2.05, 4.69) is 6.92 Å². The fourth-order valence-corrected chi connectivity index (χ4v) is 2.46. The average Bonchev–Trinajstić information content (AvgIpc) is 2.52. The van der Waals surface area contributed by atoms with E-state index in [0.29, 0.717) is 11.5 Å². The maximum Gasteiger partial charge on any atom is 0.246 e. The van der Waals surface area contributed by atoms with E-state index in [4.69, 9.17) is 9.47 Å². The number of methoxy groups -OCH3 is 2. The first kappa shape index (κ1) is 15.4. The summed E-state index contributed by atoms with van der Waals surface area (Å²) in [6, 6.07) is 5.61. The second-order valence-electron chi connectivity index (χ2n) is 5.46. The summed E-state index contributed by atoms with van der Waals surface area (Å²) in [6.07, 6.45) is 5.64. The molecule has 1 amide bonds. The highest BCUT2D eigenvalue weighted by Crippen LogP contribution is 2.28. The lowest BCUT2D eigenvalue weighted by Crippen LogP contribution is -2.36. The van der Waals surface area contributed by atoms with Crippen molar-refractivity contribution in [2.24, 2.45) is 5.92 Å². The van der Waals surface area contributed by atoms with Gasteiger partial charge in [-0.2, -0.15) is 0 Å². The van der Waals surface area contributed by atoms with Crippen molar-refractivity contribution in [3.8, 4) is 11.5 Å². The van der Waals surface area contributed by atoms with Gasteiger partial charge in [-0.25, -0.2) is 0 Å². The maximum absolute atomic E-state index is 12.1. The summed E-state index contributed by atoms with van der Waals surface area (Å²) in [7, 11) is 3.21. The van der Waals surface area contributed by atoms with Crippen molar-refractivity contribution in [2.75, 3.05) is 27.3 Å². The van der Waals surface area contributed by atoms with Crippen LogP contribution in [0.2, 0.25) is 0 Å². The van der Waals surface area contributed by atoms with E-state index in [1.54, 1.807) is 20.3 Å². The molecule has 1 aliphatic heterocycles. The summed E-state index contributed by atoms with van der Waals surface area (Å²) in [6.45, 7) is 3.95. The second kappa shape index (κ2) is 7.16. The van der Waals surface area contributed by atoms with Gasteiger partial charge in [-0.05, 0) is 42.5 Å². The molecule has 0 N–H and O–H groups in total. The van der Waals surface area contributed by atoms with E-state index in [-0.39, 0.29) is 5.91 Å². The van der Waals surface area contributed by atoms with E-state index >= 15 is 0 Å². The van der Waals surface area contributed by atoms with Crippen molar-refractivity contribution in [1.29, 1.82) is 0 Å². The van der Waals surface area contributed by atoms with Crippen LogP contribution in [-0.4, -0.2) is 38.1 Å². The number of amides is 1. The van der Waals surface area contributed by atoms with Crippen molar-refractivity contribution in [2.45, 2.75) is 19.8 Å². The van der Waals surface area contributed by atoms with Gasteiger partial charge in [0, 0.05) is 19.2 Å². The number of piperidine rings is 1. The Kier molecular flexibility index (Phi) is 5.26. The van der Waals surface area contributed by atoms with Gasteiger partial charge in [0.1, 0.15) is 0 Å². The molecule has 0 saturated carbocycles. The number of ether oxygens (including phenoxy) is 2. The van der Waals surface area contributed by atoms with Gasteiger partial charge in [0.05, 0.1) is 14.2 Å². The van der Waals surface area contributed by atoms with Crippen LogP contribution in [-0.2, 0) is 4.79 Å². The summed E-state index contributed by atoms with van der Waals surface area (Å²) in [5.41, 5.74) is 0.923. The van der Waals surface area contributed by atoms with E-state index < -0.39 is 0 Å². The molecule has 1 aromatic rings. The molecule has 1 aliphatic rings. The minimum absolute atomic E-state index is 0.0803. The van der Waals surface area contributed by atoms with Gasteiger partial charge < -0.3 is 14.4 Å². The van der Waals surface area contributed by atoms with Crippen molar-refractivity contribution >= 4 is 12.0 Å². The lowest BCUT2D eigenvalue weighted by atomic mass is 9.99. The quantitative estimate of drug-likeness (QED) is 0.800. The lowest BCUT2D eigenvalue weighted by Gasteiger charge is -2.29. The standard InChI is InChI=1S/C17H23NO3/c1-13-8-10-18(11-9-13)17(19)7-5-14-4-6-15(20-2)16(12-14)21-3/h4-7,12-13H,8-11H2,1-3H3/b7-5+. The minimum Gasteiger partial charge on any atom is -0.493 e. The molecule has 0 aliphatic carbocycles. The third-order valence-electron chi connectivity index (χ3n) is 3.92. The van der Waals surface area contributed by atoms with Crippen LogP contribution in [0.25, 0.3) is 6.08 Å². The largest absolute Gasteiger partial charge is 0.493 e. The zero-order chi connectivity index (χ0) is 15.2. The van der Waals surface area contributed by atoms with E-state index in [1.807, 2.05) is 29.2 Å². The van der Waals surface area contributed by atoms with Gasteiger partial charge in [-0.3, -0.25) is 4.79 Å². The molecule has 1 saturated heterocycles. The highest BCUT2D eigenvalue weighted by molar-refractivity contribution is 5.91. The fraction of sp³-hybridized carbons (Fsp3) is 0.471. The molecule has 0 aromatic heterocycles. The first-order chi connectivity index (χ1) is 10.1. The van der Waals surface area contributed by atoms with Gasteiger partial charge in [-0.15, -0.1) is 0 Å². The second-order valence-corrected chi connectivity index (χ2v) is 5.46. The maximum atomic E-state index is 12.1. The van der Waals surface area contributed by atoms with Gasteiger partial charge in [-0.1, -0.05) is 13.0 Å². The third-order valence-corrected chi connectivity index (χ3v) is 3.92. The topological polar surface area (TPSA) is 38.8 Å². The molecule has 4 nitrogen and oxygen atoms in total. The lowest BCUT2D eigenvalue weighted by molar-refractivity contribution is -0.127. The first-order valence-electron chi connectivity index (χ1n) is 7.33. The van der Waals surface area contributed by atoms with Crippen LogP contribution in [0.1, 0.15) is 25.3 Å². The molecule has 1 heterocycles. The molecule has 21 heavy (non-hydrogen) atoms. The predicted molar refractivity (Wildman–Crippen MR) is 83.6 cm³/mol. The summed E-state index contributed by atoms with van der Waals surface area (Å²) in [5.74, 6) is 2.16. The summed E-state index contributed by atoms with van der Waals surface area (Å²) in [5, 5.41) is 0. The van der Waals surface area contributed by atoms with Crippen molar-refractivity contribution in [3.63, 3.8) is 0 Å². The van der Waals surface area contributed by atoms with Crippen LogP contribution in [0.5, 0.6) is 11.5 Å². The molecule has 2 rings (SSSR count). The molecule has 0 bridgehead atoms. The van der Waals surface area contributed by atoms with Crippen LogP contribution >= 0.6 is 0 Å². The van der Waals surface area contributed by atoms with Crippen LogP contribution in [0.4, 0.5) is 0 Å². The van der Waals surface area contributed by atoms with Crippen molar-refractivity contribution in [3.05, 3.63) is 29.8 Å². The Hall–Kier alpha value is -1.97. The molecule has 114 valence electrons. The molecule has 0 spiro atoms. The number of nitrogens with zero attached hydrogens (tertiary/aromatic N) is 1. The van der Waals surface area contributed by atoms with E-state index in [0.717, 1.165) is 37.4 Å². The van der Waals surface area contributed by atoms with Crippen LogP contribution in [0, 0.1) is 5.92 Å². The Morgan fingerprint density at radius 2 is 1.86 bits per heavy atom. The van der Waals surface area contributed by atoms with E-state index in [9.17, 15) is 4.79 Å². The monoisotopic (exact) mass is 289 g/mol. The Labute approximate surface area is 126 Å². The van der Waals surface area contributed by atoms with E-state index in [1.165, 1.54) is 0 Å². The molecule has 0 unspecified atom stereocenters. The number of rotatable bonds is 4. The molecule has 0 radical (unpaired) electrons. The van der Waals surface area contributed by atoms with Gasteiger partial charge in [0.2, 0.25) is 5.91 Å². The van der Waals surface area contributed by atoms with Gasteiger partial charge >= 0.3 is 0 Å². The predicted octanol–water partition coefficient (Wildman–Crippen LogP) is 2.98. The Balaban J connectivity index is 2.02. The summed E-state index contributed by atoms with van der Waals surface area (Å²) >= 11 is 0. The van der Waals surface area contributed by atoms with Gasteiger partial charge in [0.15, 0.2) is 11.5 Å². The molecule has 1 fully saturated rings. The third kappa shape index (κ3) is 4.00. The fourth-order valence-electron chi connectivity index (χ4n) is 2.46.